The molecule has 1 unspecified atom stereocenters. The molecule has 0 fully saturated rings. The van der Waals surface area contributed by atoms with Crippen LogP contribution < -0.4 is 5.73 Å². The van der Waals surface area contributed by atoms with E-state index in [9.17, 15) is 4.39 Å². The molecule has 2 rings (SSSR count). The van der Waals surface area contributed by atoms with Gasteiger partial charge in [0.15, 0.2) is 0 Å². The highest BCUT2D eigenvalue weighted by atomic mass is 35.5. The van der Waals surface area contributed by atoms with E-state index in [1.54, 1.807) is 17.4 Å². The predicted molar refractivity (Wildman–Crippen MR) is 79.0 cm³/mol. The summed E-state index contributed by atoms with van der Waals surface area (Å²) in [7, 11) is 1.98. The summed E-state index contributed by atoms with van der Waals surface area (Å²) in [4.78, 5) is 3.36. The molecule has 1 heterocycles. The minimum absolute atomic E-state index is 0.0460. The van der Waals surface area contributed by atoms with Gasteiger partial charge in [-0.05, 0) is 42.3 Å². The summed E-state index contributed by atoms with van der Waals surface area (Å²) in [5, 5.41) is 2.44. The highest BCUT2D eigenvalue weighted by Gasteiger charge is 2.17. The lowest BCUT2D eigenvalue weighted by Gasteiger charge is -2.27. The Morgan fingerprint density at radius 3 is 2.79 bits per heavy atom. The van der Waals surface area contributed by atoms with Crippen LogP contribution in [0.1, 0.15) is 16.5 Å². The fourth-order valence-electron chi connectivity index (χ4n) is 2.10. The van der Waals surface area contributed by atoms with Crippen molar-refractivity contribution >= 4 is 22.9 Å². The van der Waals surface area contributed by atoms with E-state index in [-0.39, 0.29) is 11.9 Å². The molecule has 0 aliphatic heterocycles. The highest BCUT2D eigenvalue weighted by molar-refractivity contribution is 7.09. The SMILES string of the molecule is CN(Cc1cccs1)C(CN)c1cc(F)cc(Cl)c1. The molecule has 2 N–H and O–H groups in total. The normalized spacial score (nSPS) is 12.9. The highest BCUT2D eigenvalue weighted by Crippen LogP contribution is 2.25. The van der Waals surface area contributed by atoms with Gasteiger partial charge < -0.3 is 5.73 Å². The second kappa shape index (κ2) is 6.48. The maximum Gasteiger partial charge on any atom is 0.125 e. The average molecular weight is 299 g/mol. The van der Waals surface area contributed by atoms with Crippen molar-refractivity contribution in [2.24, 2.45) is 5.73 Å². The van der Waals surface area contributed by atoms with Crippen LogP contribution in [0.5, 0.6) is 0 Å². The number of hydrogen-bond donors (Lipinski definition) is 1. The number of benzene rings is 1. The van der Waals surface area contributed by atoms with Crippen LogP contribution in [-0.2, 0) is 6.54 Å². The Hall–Kier alpha value is -0.940. The van der Waals surface area contributed by atoms with E-state index in [0.717, 1.165) is 12.1 Å². The Balaban J connectivity index is 2.18. The molecule has 0 radical (unpaired) electrons. The van der Waals surface area contributed by atoms with Crippen molar-refractivity contribution in [1.82, 2.24) is 4.90 Å². The largest absolute Gasteiger partial charge is 0.329 e. The average Bonchev–Trinajstić information content (AvgIpc) is 2.81. The molecule has 1 aromatic heterocycles. The lowest BCUT2D eigenvalue weighted by atomic mass is 10.1. The lowest BCUT2D eigenvalue weighted by Crippen LogP contribution is -2.30. The summed E-state index contributed by atoms with van der Waals surface area (Å²) in [5.41, 5.74) is 6.64. The number of nitrogens with zero attached hydrogens (tertiary/aromatic N) is 1. The van der Waals surface area contributed by atoms with Gasteiger partial charge in [0.2, 0.25) is 0 Å². The fourth-order valence-corrected chi connectivity index (χ4v) is 3.09. The summed E-state index contributed by atoms with van der Waals surface area (Å²) in [6.07, 6.45) is 0. The van der Waals surface area contributed by atoms with Crippen LogP contribution in [0.15, 0.2) is 35.7 Å². The van der Waals surface area contributed by atoms with Crippen molar-refractivity contribution < 1.29 is 4.39 Å². The van der Waals surface area contributed by atoms with Gasteiger partial charge in [-0.2, -0.15) is 0 Å². The molecule has 2 aromatic rings. The molecule has 0 saturated carbocycles. The van der Waals surface area contributed by atoms with E-state index in [1.807, 2.05) is 18.5 Å². The van der Waals surface area contributed by atoms with Crippen molar-refractivity contribution in [3.05, 3.63) is 57.0 Å². The quantitative estimate of drug-likeness (QED) is 0.912. The van der Waals surface area contributed by atoms with Crippen LogP contribution >= 0.6 is 22.9 Å². The molecule has 0 aliphatic rings. The maximum absolute atomic E-state index is 13.4. The predicted octanol–water partition coefficient (Wildman–Crippen LogP) is 3.67. The summed E-state index contributed by atoms with van der Waals surface area (Å²) in [5.74, 6) is -0.328. The molecule has 102 valence electrons. The third kappa shape index (κ3) is 3.76. The van der Waals surface area contributed by atoms with E-state index >= 15 is 0 Å². The van der Waals surface area contributed by atoms with Crippen LogP contribution in [0.3, 0.4) is 0 Å². The van der Waals surface area contributed by atoms with Crippen LogP contribution in [0.2, 0.25) is 5.02 Å². The Morgan fingerprint density at radius 1 is 1.42 bits per heavy atom. The van der Waals surface area contributed by atoms with Crippen molar-refractivity contribution in [2.45, 2.75) is 12.6 Å². The number of hydrogen-bond acceptors (Lipinski definition) is 3. The standard InChI is InChI=1S/C14H16ClFN2S/c1-18(9-13-3-2-4-19-13)14(8-17)10-5-11(15)7-12(16)6-10/h2-7,14H,8-9,17H2,1H3. The van der Waals surface area contributed by atoms with Gasteiger partial charge in [0.1, 0.15) is 5.82 Å². The fraction of sp³-hybridized carbons (Fsp3) is 0.286. The zero-order chi connectivity index (χ0) is 13.8. The first-order valence-corrected chi connectivity index (χ1v) is 7.24. The van der Waals surface area contributed by atoms with Crippen LogP contribution in [-0.4, -0.2) is 18.5 Å². The molecular formula is C14H16ClFN2S. The van der Waals surface area contributed by atoms with Crippen molar-refractivity contribution in [2.75, 3.05) is 13.6 Å². The number of thiophene rings is 1. The van der Waals surface area contributed by atoms with Crippen LogP contribution in [0.25, 0.3) is 0 Å². The molecule has 1 atom stereocenters. The molecule has 0 bridgehead atoms. The Labute approximate surface area is 121 Å². The van der Waals surface area contributed by atoms with E-state index in [4.69, 9.17) is 17.3 Å². The van der Waals surface area contributed by atoms with Gasteiger partial charge >= 0.3 is 0 Å². The lowest BCUT2D eigenvalue weighted by molar-refractivity contribution is 0.243. The Bertz CT molecular complexity index is 510. The summed E-state index contributed by atoms with van der Waals surface area (Å²) >= 11 is 7.60. The smallest absolute Gasteiger partial charge is 0.125 e. The zero-order valence-corrected chi connectivity index (χ0v) is 12.2. The molecular weight excluding hydrogens is 283 g/mol. The Morgan fingerprint density at radius 2 is 2.21 bits per heavy atom. The number of likely N-dealkylation sites (N-methyl/N-ethyl adjacent to an activating group) is 1. The number of halogens is 2. The molecule has 19 heavy (non-hydrogen) atoms. The van der Waals surface area contributed by atoms with Gasteiger partial charge in [0.05, 0.1) is 0 Å². The number of nitrogens with two attached hydrogens (primary N) is 1. The summed E-state index contributed by atoms with van der Waals surface area (Å²) in [6, 6.07) is 8.62. The van der Waals surface area contributed by atoms with Crippen molar-refractivity contribution in [3.8, 4) is 0 Å². The first-order valence-electron chi connectivity index (χ1n) is 5.99. The first kappa shape index (κ1) is 14.5. The summed E-state index contributed by atoms with van der Waals surface area (Å²) in [6.45, 7) is 1.20. The molecule has 5 heteroatoms. The third-order valence-corrected chi connectivity index (χ3v) is 4.09. The molecule has 0 aliphatic carbocycles. The second-order valence-corrected chi connectivity index (χ2v) is 5.92. The van der Waals surface area contributed by atoms with Crippen molar-refractivity contribution in [1.29, 1.82) is 0 Å². The minimum Gasteiger partial charge on any atom is -0.329 e. The van der Waals surface area contributed by atoms with Crippen molar-refractivity contribution in [3.63, 3.8) is 0 Å². The van der Waals surface area contributed by atoms with Crippen LogP contribution in [0.4, 0.5) is 4.39 Å². The van der Waals surface area contributed by atoms with E-state index < -0.39 is 0 Å². The van der Waals surface area contributed by atoms with Gasteiger partial charge in [-0.25, -0.2) is 4.39 Å². The molecule has 2 nitrogen and oxygen atoms in total. The summed E-state index contributed by atoms with van der Waals surface area (Å²) < 4.78 is 13.4. The number of rotatable bonds is 5. The van der Waals surface area contributed by atoms with Gasteiger partial charge in [-0.1, -0.05) is 17.7 Å². The maximum atomic E-state index is 13.4. The van der Waals surface area contributed by atoms with E-state index in [2.05, 4.69) is 11.0 Å². The van der Waals surface area contributed by atoms with Gasteiger partial charge in [-0.3, -0.25) is 4.90 Å². The molecule has 0 spiro atoms. The molecule has 1 aromatic carbocycles. The van der Waals surface area contributed by atoms with Gasteiger partial charge in [0.25, 0.3) is 0 Å². The van der Waals surface area contributed by atoms with E-state index in [1.165, 1.54) is 17.0 Å². The topological polar surface area (TPSA) is 29.3 Å². The first-order chi connectivity index (χ1) is 9.10. The van der Waals surface area contributed by atoms with Gasteiger partial charge in [-0.15, -0.1) is 11.3 Å². The van der Waals surface area contributed by atoms with Gasteiger partial charge in [0, 0.05) is 29.0 Å². The van der Waals surface area contributed by atoms with E-state index in [0.29, 0.717) is 11.6 Å². The Kier molecular flexibility index (Phi) is 4.93. The van der Waals surface area contributed by atoms with Crippen LogP contribution in [0, 0.1) is 5.82 Å². The second-order valence-electron chi connectivity index (χ2n) is 4.45. The third-order valence-electron chi connectivity index (χ3n) is 3.01. The minimum atomic E-state index is -0.328. The molecule has 0 saturated heterocycles. The molecule has 0 amide bonds. The zero-order valence-electron chi connectivity index (χ0n) is 10.6. The monoisotopic (exact) mass is 298 g/mol.